The molecule has 1 aromatic heterocycles. The second-order valence-corrected chi connectivity index (χ2v) is 5.93. The Morgan fingerprint density at radius 3 is 2.50 bits per heavy atom. The monoisotopic (exact) mass is 356 g/mol. The predicted octanol–water partition coefficient (Wildman–Crippen LogP) is 4.16. The number of carbonyl (C=O) groups excluding carboxylic acids is 1. The Labute approximate surface area is 149 Å². The molecule has 2 aromatic carbocycles. The molecule has 4 nitrogen and oxygen atoms in total. The zero-order valence-electron chi connectivity index (χ0n) is 14.4. The number of aromatic nitrogens is 1. The van der Waals surface area contributed by atoms with Gasteiger partial charge in [0.25, 0.3) is 0 Å². The SMILES string of the molecule is CCOc1nccc2c(C(=O)c3c(F)cc([C@H](C)N)cc3F)cccc12. The third-order valence-electron chi connectivity index (χ3n) is 4.11. The first-order chi connectivity index (χ1) is 12.4. The van der Waals surface area contributed by atoms with Crippen LogP contribution in [-0.4, -0.2) is 17.4 Å². The summed E-state index contributed by atoms with van der Waals surface area (Å²) in [4.78, 5) is 17.0. The summed E-state index contributed by atoms with van der Waals surface area (Å²) in [6.45, 7) is 3.84. The van der Waals surface area contributed by atoms with Gasteiger partial charge in [0, 0.05) is 23.2 Å². The number of ketones is 1. The normalized spacial score (nSPS) is 12.2. The van der Waals surface area contributed by atoms with Crippen molar-refractivity contribution in [3.05, 3.63) is 70.9 Å². The van der Waals surface area contributed by atoms with Crippen molar-refractivity contribution in [3.8, 4) is 5.88 Å². The highest BCUT2D eigenvalue weighted by Gasteiger charge is 2.23. The summed E-state index contributed by atoms with van der Waals surface area (Å²) in [5.41, 5.74) is 5.54. The van der Waals surface area contributed by atoms with Crippen molar-refractivity contribution in [2.75, 3.05) is 6.61 Å². The van der Waals surface area contributed by atoms with E-state index in [-0.39, 0.29) is 11.1 Å². The number of benzene rings is 2. The molecule has 0 saturated heterocycles. The Hall–Kier alpha value is -2.86. The molecule has 0 aliphatic carbocycles. The minimum absolute atomic E-state index is 0.178. The fourth-order valence-electron chi connectivity index (χ4n) is 2.84. The zero-order chi connectivity index (χ0) is 18.8. The Morgan fingerprint density at radius 1 is 1.19 bits per heavy atom. The smallest absolute Gasteiger partial charge is 0.221 e. The van der Waals surface area contributed by atoms with Gasteiger partial charge in [-0.25, -0.2) is 13.8 Å². The summed E-state index contributed by atoms with van der Waals surface area (Å²) in [6, 6.07) is 8.18. The molecule has 1 atom stereocenters. The van der Waals surface area contributed by atoms with E-state index in [9.17, 15) is 13.6 Å². The second-order valence-electron chi connectivity index (χ2n) is 5.93. The number of hydrogen-bond acceptors (Lipinski definition) is 4. The van der Waals surface area contributed by atoms with Crippen LogP contribution in [0.2, 0.25) is 0 Å². The summed E-state index contributed by atoms with van der Waals surface area (Å²) in [5.74, 6) is -2.24. The first-order valence-electron chi connectivity index (χ1n) is 8.23. The number of fused-ring (bicyclic) bond motifs is 1. The highest BCUT2D eigenvalue weighted by atomic mass is 19.1. The fourth-order valence-corrected chi connectivity index (χ4v) is 2.84. The summed E-state index contributed by atoms with van der Waals surface area (Å²) < 4.78 is 34.4. The Morgan fingerprint density at radius 2 is 1.88 bits per heavy atom. The summed E-state index contributed by atoms with van der Waals surface area (Å²) in [6.07, 6.45) is 1.50. The molecule has 0 aliphatic heterocycles. The molecular formula is C20H18F2N2O2. The summed E-state index contributed by atoms with van der Waals surface area (Å²) in [5, 5.41) is 1.12. The van der Waals surface area contributed by atoms with Gasteiger partial charge in [0.15, 0.2) is 5.78 Å². The Balaban J connectivity index is 2.16. The van der Waals surface area contributed by atoms with Crippen LogP contribution < -0.4 is 10.5 Å². The molecule has 0 aliphatic rings. The Bertz CT molecular complexity index is 964. The van der Waals surface area contributed by atoms with Crippen LogP contribution in [0.4, 0.5) is 8.78 Å². The number of ether oxygens (including phenoxy) is 1. The van der Waals surface area contributed by atoms with Crippen molar-refractivity contribution in [1.29, 1.82) is 0 Å². The lowest BCUT2D eigenvalue weighted by Gasteiger charge is -2.12. The van der Waals surface area contributed by atoms with Crippen molar-refractivity contribution in [2.24, 2.45) is 5.73 Å². The number of pyridine rings is 1. The molecule has 0 bridgehead atoms. The number of halogens is 2. The van der Waals surface area contributed by atoms with Gasteiger partial charge in [0.05, 0.1) is 12.2 Å². The number of carbonyl (C=O) groups is 1. The third kappa shape index (κ3) is 3.15. The van der Waals surface area contributed by atoms with Crippen molar-refractivity contribution >= 4 is 16.6 Å². The number of nitrogens with zero attached hydrogens (tertiary/aromatic N) is 1. The molecule has 3 aromatic rings. The van der Waals surface area contributed by atoms with Crippen LogP contribution in [-0.2, 0) is 0 Å². The van der Waals surface area contributed by atoms with E-state index in [1.807, 2.05) is 6.92 Å². The van der Waals surface area contributed by atoms with Crippen LogP contribution in [0.5, 0.6) is 5.88 Å². The van der Waals surface area contributed by atoms with Crippen LogP contribution in [0, 0.1) is 11.6 Å². The van der Waals surface area contributed by atoms with E-state index in [2.05, 4.69) is 4.98 Å². The molecule has 0 unspecified atom stereocenters. The maximum absolute atomic E-state index is 14.5. The minimum atomic E-state index is -0.932. The van der Waals surface area contributed by atoms with Crippen LogP contribution >= 0.6 is 0 Å². The largest absolute Gasteiger partial charge is 0.478 e. The van der Waals surface area contributed by atoms with E-state index in [0.717, 1.165) is 12.1 Å². The highest BCUT2D eigenvalue weighted by Crippen LogP contribution is 2.29. The van der Waals surface area contributed by atoms with E-state index in [0.29, 0.717) is 23.3 Å². The third-order valence-corrected chi connectivity index (χ3v) is 4.11. The van der Waals surface area contributed by atoms with Crippen LogP contribution in [0.25, 0.3) is 10.8 Å². The molecule has 3 rings (SSSR count). The predicted molar refractivity (Wildman–Crippen MR) is 95.3 cm³/mol. The van der Waals surface area contributed by atoms with Gasteiger partial charge < -0.3 is 10.5 Å². The standard InChI is InChI=1S/C20H18F2N2O2/c1-3-26-20-15-6-4-5-14(13(15)7-8-24-20)19(25)18-16(21)9-12(11(2)23)10-17(18)22/h4-11H,3,23H2,1-2H3/t11-/m0/s1. The zero-order valence-corrected chi connectivity index (χ0v) is 14.4. The first-order valence-corrected chi connectivity index (χ1v) is 8.23. The molecule has 0 radical (unpaired) electrons. The lowest BCUT2D eigenvalue weighted by atomic mass is 9.95. The number of rotatable bonds is 5. The number of hydrogen-bond donors (Lipinski definition) is 1. The molecule has 0 fully saturated rings. The lowest BCUT2D eigenvalue weighted by Crippen LogP contribution is -2.12. The van der Waals surface area contributed by atoms with Crippen molar-refractivity contribution in [2.45, 2.75) is 19.9 Å². The average molecular weight is 356 g/mol. The molecule has 2 N–H and O–H groups in total. The van der Waals surface area contributed by atoms with Gasteiger partial charge in [-0.15, -0.1) is 0 Å². The maximum atomic E-state index is 14.5. The molecular weight excluding hydrogens is 338 g/mol. The molecule has 0 saturated carbocycles. The molecule has 0 spiro atoms. The average Bonchev–Trinajstić information content (AvgIpc) is 2.61. The van der Waals surface area contributed by atoms with Gasteiger partial charge in [0.2, 0.25) is 5.88 Å². The van der Waals surface area contributed by atoms with Crippen LogP contribution in [0.15, 0.2) is 42.6 Å². The lowest BCUT2D eigenvalue weighted by molar-refractivity contribution is 0.103. The summed E-state index contributed by atoms with van der Waals surface area (Å²) in [7, 11) is 0. The van der Waals surface area contributed by atoms with E-state index < -0.39 is 29.0 Å². The van der Waals surface area contributed by atoms with E-state index in [1.54, 1.807) is 25.1 Å². The first kappa shape index (κ1) is 17.9. The molecule has 1 heterocycles. The van der Waals surface area contributed by atoms with Gasteiger partial charge >= 0.3 is 0 Å². The number of nitrogens with two attached hydrogens (primary N) is 1. The molecule has 0 amide bonds. The van der Waals surface area contributed by atoms with E-state index in [4.69, 9.17) is 10.5 Å². The fraction of sp³-hybridized carbons (Fsp3) is 0.200. The van der Waals surface area contributed by atoms with Gasteiger partial charge in [-0.2, -0.15) is 0 Å². The van der Waals surface area contributed by atoms with Gasteiger partial charge in [-0.1, -0.05) is 12.1 Å². The summed E-state index contributed by atoms with van der Waals surface area (Å²) >= 11 is 0. The van der Waals surface area contributed by atoms with E-state index in [1.165, 1.54) is 12.3 Å². The van der Waals surface area contributed by atoms with Gasteiger partial charge in [-0.05, 0) is 49.1 Å². The van der Waals surface area contributed by atoms with E-state index >= 15 is 0 Å². The maximum Gasteiger partial charge on any atom is 0.221 e. The highest BCUT2D eigenvalue weighted by molar-refractivity contribution is 6.17. The van der Waals surface area contributed by atoms with Crippen molar-refractivity contribution in [3.63, 3.8) is 0 Å². The minimum Gasteiger partial charge on any atom is -0.478 e. The van der Waals surface area contributed by atoms with Gasteiger partial charge in [-0.3, -0.25) is 4.79 Å². The van der Waals surface area contributed by atoms with Crippen molar-refractivity contribution < 1.29 is 18.3 Å². The van der Waals surface area contributed by atoms with Crippen LogP contribution in [0.1, 0.15) is 41.4 Å². The molecule has 6 heteroatoms. The second kappa shape index (κ2) is 7.17. The van der Waals surface area contributed by atoms with Crippen LogP contribution in [0.3, 0.4) is 0 Å². The van der Waals surface area contributed by atoms with Crippen molar-refractivity contribution in [1.82, 2.24) is 4.98 Å². The molecule has 26 heavy (non-hydrogen) atoms. The topological polar surface area (TPSA) is 65.2 Å². The Kier molecular flexibility index (Phi) is 4.95. The molecule has 134 valence electrons. The van der Waals surface area contributed by atoms with Gasteiger partial charge in [0.1, 0.15) is 11.6 Å². The quantitative estimate of drug-likeness (QED) is 0.697.